The fourth-order valence-electron chi connectivity index (χ4n) is 1.94. The van der Waals surface area contributed by atoms with E-state index in [1.54, 1.807) is 0 Å². The molecule has 1 aromatic carbocycles. The predicted molar refractivity (Wildman–Crippen MR) is 58.6 cm³/mol. The van der Waals surface area contributed by atoms with Crippen molar-refractivity contribution < 1.29 is 4.74 Å². The molecule has 1 aliphatic rings. The van der Waals surface area contributed by atoms with Crippen molar-refractivity contribution in [3.63, 3.8) is 0 Å². The summed E-state index contributed by atoms with van der Waals surface area (Å²) in [6.45, 7) is 8.65. The standard InChI is InChI=1S/C13H14O/c1-4-11-5-6-14-13-10(3)7-9(2)8-12(11)13/h7-8H,1,5-6H2,2-3H3. The first kappa shape index (κ1) is 9.11. The number of rotatable bonds is 0. The van der Waals surface area contributed by atoms with E-state index in [-0.39, 0.29) is 0 Å². The van der Waals surface area contributed by atoms with Crippen molar-refractivity contribution in [3.8, 4) is 5.75 Å². The Morgan fingerprint density at radius 2 is 2.14 bits per heavy atom. The minimum atomic E-state index is 0.745. The normalized spacial score (nSPS) is 14.3. The summed E-state index contributed by atoms with van der Waals surface area (Å²) in [7, 11) is 0. The zero-order valence-corrected chi connectivity index (χ0v) is 8.68. The maximum atomic E-state index is 5.65. The first-order valence-corrected chi connectivity index (χ1v) is 4.85. The zero-order valence-electron chi connectivity index (χ0n) is 8.68. The average molecular weight is 186 g/mol. The Bertz CT molecular complexity index is 423. The minimum Gasteiger partial charge on any atom is -0.492 e. The molecule has 0 spiro atoms. The van der Waals surface area contributed by atoms with E-state index in [4.69, 9.17) is 4.74 Å². The Morgan fingerprint density at radius 1 is 1.36 bits per heavy atom. The predicted octanol–water partition coefficient (Wildman–Crippen LogP) is 3.25. The Kier molecular flexibility index (Phi) is 2.18. The van der Waals surface area contributed by atoms with Gasteiger partial charge in [-0.25, -0.2) is 0 Å². The highest BCUT2D eigenvalue weighted by Crippen LogP contribution is 2.35. The third kappa shape index (κ3) is 1.36. The van der Waals surface area contributed by atoms with Crippen molar-refractivity contribution in [2.75, 3.05) is 6.61 Å². The van der Waals surface area contributed by atoms with Crippen molar-refractivity contribution in [2.24, 2.45) is 0 Å². The van der Waals surface area contributed by atoms with E-state index in [0.29, 0.717) is 0 Å². The van der Waals surface area contributed by atoms with Gasteiger partial charge in [-0.15, -0.1) is 5.73 Å². The summed E-state index contributed by atoms with van der Waals surface area (Å²) in [5, 5.41) is 0. The summed E-state index contributed by atoms with van der Waals surface area (Å²) in [6.07, 6.45) is 0.916. The average Bonchev–Trinajstić information content (AvgIpc) is 2.17. The van der Waals surface area contributed by atoms with Crippen LogP contribution in [0.1, 0.15) is 23.1 Å². The quantitative estimate of drug-likeness (QED) is 0.565. The molecule has 0 aliphatic carbocycles. The van der Waals surface area contributed by atoms with Gasteiger partial charge in [-0.1, -0.05) is 12.6 Å². The van der Waals surface area contributed by atoms with E-state index < -0.39 is 0 Å². The molecule has 0 bridgehead atoms. The van der Waals surface area contributed by atoms with Crippen LogP contribution in [0.4, 0.5) is 0 Å². The maximum absolute atomic E-state index is 5.65. The Labute approximate surface area is 84.7 Å². The van der Waals surface area contributed by atoms with Gasteiger partial charge in [0.05, 0.1) is 6.61 Å². The van der Waals surface area contributed by atoms with E-state index in [9.17, 15) is 0 Å². The van der Waals surface area contributed by atoms with Crippen molar-refractivity contribution >= 4 is 5.57 Å². The monoisotopic (exact) mass is 186 g/mol. The molecule has 1 aliphatic heterocycles. The van der Waals surface area contributed by atoms with Crippen LogP contribution in [0.5, 0.6) is 5.75 Å². The summed E-state index contributed by atoms with van der Waals surface area (Å²) < 4.78 is 5.65. The fraction of sp³-hybridized carbons (Fsp3) is 0.308. The Morgan fingerprint density at radius 3 is 2.86 bits per heavy atom. The topological polar surface area (TPSA) is 9.23 Å². The maximum Gasteiger partial charge on any atom is 0.130 e. The summed E-state index contributed by atoms with van der Waals surface area (Å²) in [5.41, 5.74) is 7.81. The van der Waals surface area contributed by atoms with E-state index in [2.05, 4.69) is 38.3 Å². The van der Waals surface area contributed by atoms with Gasteiger partial charge in [-0.05, 0) is 31.0 Å². The molecule has 14 heavy (non-hydrogen) atoms. The van der Waals surface area contributed by atoms with Crippen LogP contribution in [-0.4, -0.2) is 6.61 Å². The smallest absolute Gasteiger partial charge is 0.130 e. The summed E-state index contributed by atoms with van der Waals surface area (Å²) in [5.74, 6) is 1.01. The molecule has 2 rings (SSSR count). The number of ether oxygens (including phenoxy) is 1. The van der Waals surface area contributed by atoms with Crippen LogP contribution in [-0.2, 0) is 0 Å². The second kappa shape index (κ2) is 3.36. The van der Waals surface area contributed by atoms with E-state index in [1.807, 2.05) is 0 Å². The molecule has 0 amide bonds. The lowest BCUT2D eigenvalue weighted by molar-refractivity contribution is 0.314. The molecule has 1 heteroatoms. The van der Waals surface area contributed by atoms with Crippen LogP contribution in [0.15, 0.2) is 24.4 Å². The molecule has 72 valence electrons. The zero-order chi connectivity index (χ0) is 10.1. The van der Waals surface area contributed by atoms with Gasteiger partial charge in [0.25, 0.3) is 0 Å². The number of hydrogen-bond donors (Lipinski definition) is 0. The number of benzene rings is 1. The molecular formula is C13H14O. The molecule has 0 saturated heterocycles. The second-order valence-corrected chi connectivity index (χ2v) is 3.71. The molecule has 0 unspecified atom stereocenters. The Balaban J connectivity index is 2.68. The van der Waals surface area contributed by atoms with Gasteiger partial charge in [-0.2, -0.15) is 0 Å². The van der Waals surface area contributed by atoms with Gasteiger partial charge in [0.2, 0.25) is 0 Å². The van der Waals surface area contributed by atoms with Gasteiger partial charge in [-0.3, -0.25) is 0 Å². The van der Waals surface area contributed by atoms with Crippen molar-refractivity contribution in [3.05, 3.63) is 41.1 Å². The molecule has 0 fully saturated rings. The summed E-state index contributed by atoms with van der Waals surface area (Å²) >= 11 is 0. The second-order valence-electron chi connectivity index (χ2n) is 3.71. The highest BCUT2D eigenvalue weighted by molar-refractivity contribution is 5.73. The molecule has 0 atom stereocenters. The van der Waals surface area contributed by atoms with Gasteiger partial charge in [0, 0.05) is 17.6 Å². The van der Waals surface area contributed by atoms with Crippen LogP contribution >= 0.6 is 0 Å². The van der Waals surface area contributed by atoms with Crippen molar-refractivity contribution in [2.45, 2.75) is 20.3 Å². The number of hydrogen-bond acceptors (Lipinski definition) is 1. The van der Waals surface area contributed by atoms with E-state index >= 15 is 0 Å². The third-order valence-corrected chi connectivity index (χ3v) is 2.56. The van der Waals surface area contributed by atoms with Crippen molar-refractivity contribution in [1.29, 1.82) is 0 Å². The molecular weight excluding hydrogens is 172 g/mol. The SMILES string of the molecule is C=C=C1CCOc2c(C)cc(C)cc21. The fourth-order valence-corrected chi connectivity index (χ4v) is 1.94. The molecule has 1 aromatic rings. The molecule has 1 heterocycles. The lowest BCUT2D eigenvalue weighted by Crippen LogP contribution is -2.08. The van der Waals surface area contributed by atoms with Crippen LogP contribution in [0.2, 0.25) is 0 Å². The number of aryl methyl sites for hydroxylation is 2. The van der Waals surface area contributed by atoms with Gasteiger partial charge >= 0.3 is 0 Å². The lowest BCUT2D eigenvalue weighted by atomic mass is 9.96. The largest absolute Gasteiger partial charge is 0.492 e. The van der Waals surface area contributed by atoms with Crippen LogP contribution in [0, 0.1) is 13.8 Å². The van der Waals surface area contributed by atoms with Gasteiger partial charge < -0.3 is 4.74 Å². The first-order valence-electron chi connectivity index (χ1n) is 4.85. The van der Waals surface area contributed by atoms with E-state index in [0.717, 1.165) is 18.8 Å². The first-order chi connectivity index (χ1) is 6.72. The molecule has 0 N–H and O–H groups in total. The molecule has 0 aromatic heterocycles. The molecule has 0 radical (unpaired) electrons. The van der Waals surface area contributed by atoms with Crippen LogP contribution in [0.25, 0.3) is 5.57 Å². The molecule has 0 saturated carbocycles. The van der Waals surface area contributed by atoms with Crippen LogP contribution < -0.4 is 4.74 Å². The molecule has 1 nitrogen and oxygen atoms in total. The third-order valence-electron chi connectivity index (χ3n) is 2.56. The lowest BCUT2D eigenvalue weighted by Gasteiger charge is -2.21. The summed E-state index contributed by atoms with van der Waals surface area (Å²) in [4.78, 5) is 0. The van der Waals surface area contributed by atoms with E-state index in [1.165, 1.54) is 22.3 Å². The van der Waals surface area contributed by atoms with Gasteiger partial charge in [0.15, 0.2) is 0 Å². The number of fused-ring (bicyclic) bond motifs is 1. The summed E-state index contributed by atoms with van der Waals surface area (Å²) in [6, 6.07) is 4.29. The minimum absolute atomic E-state index is 0.745. The van der Waals surface area contributed by atoms with Crippen LogP contribution in [0.3, 0.4) is 0 Å². The highest BCUT2D eigenvalue weighted by Gasteiger charge is 2.16. The van der Waals surface area contributed by atoms with Crippen molar-refractivity contribution in [1.82, 2.24) is 0 Å². The Hall–Kier alpha value is -1.46. The van der Waals surface area contributed by atoms with Gasteiger partial charge in [0.1, 0.15) is 5.75 Å². The highest BCUT2D eigenvalue weighted by atomic mass is 16.5.